The first-order chi connectivity index (χ1) is 9.95. The largest absolute Gasteiger partial charge is 0.366 e. The van der Waals surface area contributed by atoms with E-state index in [4.69, 9.17) is 5.73 Å². The van der Waals surface area contributed by atoms with Crippen LogP contribution in [0.1, 0.15) is 16.7 Å². The van der Waals surface area contributed by atoms with Crippen LogP contribution in [0.5, 0.6) is 0 Å². The van der Waals surface area contributed by atoms with Gasteiger partial charge in [-0.05, 0) is 24.1 Å². The number of nitrogens with zero attached hydrogens (tertiary/aromatic N) is 1. The molecule has 0 fully saturated rings. The summed E-state index contributed by atoms with van der Waals surface area (Å²) in [6.07, 6.45) is 4.43. The third kappa shape index (κ3) is 3.79. The van der Waals surface area contributed by atoms with Crippen molar-refractivity contribution in [2.75, 3.05) is 0 Å². The highest BCUT2D eigenvalue weighted by atomic mass is 16.2. The van der Waals surface area contributed by atoms with Crippen LogP contribution in [0.15, 0.2) is 46.1 Å². The average Bonchev–Trinajstić information content (AvgIpc) is 2.44. The number of carbonyl (C=O) groups is 1. The van der Waals surface area contributed by atoms with Gasteiger partial charge in [0, 0.05) is 17.8 Å². The lowest BCUT2D eigenvalue weighted by atomic mass is 10.1. The average molecular weight is 285 g/mol. The molecule has 0 bridgehead atoms. The molecule has 2 aromatic rings. The third-order valence-electron chi connectivity index (χ3n) is 2.96. The molecule has 6 heteroatoms. The van der Waals surface area contributed by atoms with Crippen molar-refractivity contribution in [1.29, 1.82) is 0 Å². The molecule has 0 atom stereocenters. The fourth-order valence-electron chi connectivity index (χ4n) is 1.85. The Morgan fingerprint density at radius 2 is 1.95 bits per heavy atom. The number of aryl methyl sites for hydroxylation is 1. The van der Waals surface area contributed by atoms with Gasteiger partial charge in [0.15, 0.2) is 0 Å². The molecule has 0 aliphatic rings. The molecular weight excluding hydrogens is 270 g/mol. The minimum Gasteiger partial charge on any atom is -0.366 e. The molecule has 0 aliphatic heterocycles. The van der Waals surface area contributed by atoms with Gasteiger partial charge < -0.3 is 5.73 Å². The number of nitrogens with one attached hydrogen (secondary N) is 1. The number of primary amides is 1. The number of H-pyrrole nitrogens is 1. The van der Waals surface area contributed by atoms with Gasteiger partial charge in [-0.1, -0.05) is 24.3 Å². The van der Waals surface area contributed by atoms with Crippen molar-refractivity contribution >= 4 is 12.0 Å². The lowest BCUT2D eigenvalue weighted by molar-refractivity contribution is -0.113. The number of carbonyl (C=O) groups excluding carboxylic acids is 1. The fraction of sp³-hybridized carbons (Fsp3) is 0.133. The van der Waals surface area contributed by atoms with E-state index in [2.05, 4.69) is 4.98 Å². The number of hydrogen-bond donors (Lipinski definition) is 2. The van der Waals surface area contributed by atoms with Gasteiger partial charge in [-0.15, -0.1) is 0 Å². The van der Waals surface area contributed by atoms with E-state index in [1.807, 2.05) is 24.3 Å². The predicted octanol–water partition coefficient (Wildman–Crippen LogP) is 0.392. The van der Waals surface area contributed by atoms with Crippen molar-refractivity contribution in [3.8, 4) is 0 Å². The summed E-state index contributed by atoms with van der Waals surface area (Å²) in [6.45, 7) is 2.00. The third-order valence-corrected chi connectivity index (χ3v) is 2.96. The predicted molar refractivity (Wildman–Crippen MR) is 79.8 cm³/mol. The van der Waals surface area contributed by atoms with Crippen LogP contribution in [0.2, 0.25) is 0 Å². The van der Waals surface area contributed by atoms with Gasteiger partial charge in [-0.25, -0.2) is 4.79 Å². The fourth-order valence-corrected chi connectivity index (χ4v) is 1.85. The summed E-state index contributed by atoms with van der Waals surface area (Å²) in [4.78, 5) is 35.9. The number of nitrogens with two attached hydrogens (primary N) is 1. The molecule has 0 radical (unpaired) electrons. The van der Waals surface area contributed by atoms with Crippen LogP contribution in [0, 0.1) is 6.92 Å². The summed E-state index contributed by atoms with van der Waals surface area (Å²) in [5, 5.41) is 0. The molecule has 1 heterocycles. The molecular formula is C15H15N3O3. The second kappa shape index (κ2) is 6.04. The van der Waals surface area contributed by atoms with Crippen molar-refractivity contribution in [3.63, 3.8) is 0 Å². The molecule has 0 aliphatic carbocycles. The summed E-state index contributed by atoms with van der Waals surface area (Å²) in [6, 6.07) is 7.32. The van der Waals surface area contributed by atoms with Crippen molar-refractivity contribution in [2.45, 2.75) is 13.5 Å². The summed E-state index contributed by atoms with van der Waals surface area (Å²) in [5.41, 5.74) is 6.43. The molecule has 0 spiro atoms. The molecule has 1 aromatic carbocycles. The maximum Gasteiger partial charge on any atom is 0.328 e. The first kappa shape index (κ1) is 14.5. The van der Waals surface area contributed by atoms with Gasteiger partial charge in [0.25, 0.3) is 5.56 Å². The maximum absolute atomic E-state index is 11.7. The van der Waals surface area contributed by atoms with E-state index >= 15 is 0 Å². The molecule has 0 saturated heterocycles. The number of aromatic nitrogens is 2. The van der Waals surface area contributed by atoms with Gasteiger partial charge in [0.05, 0.1) is 6.54 Å². The van der Waals surface area contributed by atoms with E-state index in [-0.39, 0.29) is 5.56 Å². The Bertz CT molecular complexity index is 798. The van der Waals surface area contributed by atoms with Gasteiger partial charge in [-0.2, -0.15) is 0 Å². The molecule has 21 heavy (non-hydrogen) atoms. The van der Waals surface area contributed by atoms with E-state index in [9.17, 15) is 14.4 Å². The molecule has 108 valence electrons. The highest BCUT2D eigenvalue weighted by Crippen LogP contribution is 2.07. The van der Waals surface area contributed by atoms with E-state index in [1.54, 1.807) is 13.0 Å². The Morgan fingerprint density at radius 3 is 2.57 bits per heavy atom. The van der Waals surface area contributed by atoms with Gasteiger partial charge in [0.2, 0.25) is 5.91 Å². The van der Waals surface area contributed by atoms with Crippen LogP contribution < -0.4 is 17.0 Å². The Hall–Kier alpha value is -2.89. The Morgan fingerprint density at radius 1 is 1.29 bits per heavy atom. The zero-order valence-corrected chi connectivity index (χ0v) is 11.5. The zero-order valence-electron chi connectivity index (χ0n) is 11.5. The maximum atomic E-state index is 11.7. The zero-order chi connectivity index (χ0) is 15.4. The Labute approximate surface area is 120 Å². The smallest absolute Gasteiger partial charge is 0.328 e. The molecule has 0 saturated carbocycles. The number of aromatic amines is 1. The van der Waals surface area contributed by atoms with Crippen molar-refractivity contribution in [3.05, 3.63) is 74.1 Å². The van der Waals surface area contributed by atoms with Crippen LogP contribution in [0.4, 0.5) is 0 Å². The standard InChI is InChI=1S/C15H15N3O3/c1-10-8-18(15(21)17-14(10)20)9-12-4-2-11(3-5-12)6-7-13(16)19/h2-8H,9H2,1H3,(H2,16,19)(H,17,20,21). The SMILES string of the molecule is Cc1cn(Cc2ccc(C=CC(N)=O)cc2)c(=O)[nH]c1=O. The Balaban J connectivity index is 2.21. The molecule has 3 N–H and O–H groups in total. The summed E-state index contributed by atoms with van der Waals surface area (Å²) in [7, 11) is 0. The molecule has 2 rings (SSSR count). The van der Waals surface area contributed by atoms with Crippen LogP contribution in [0.25, 0.3) is 6.08 Å². The lowest BCUT2D eigenvalue weighted by Gasteiger charge is -2.06. The van der Waals surface area contributed by atoms with E-state index in [0.29, 0.717) is 12.1 Å². The number of benzene rings is 1. The minimum absolute atomic E-state index is 0.357. The summed E-state index contributed by atoms with van der Waals surface area (Å²) < 4.78 is 1.44. The molecule has 1 aromatic heterocycles. The van der Waals surface area contributed by atoms with Crippen molar-refractivity contribution < 1.29 is 4.79 Å². The lowest BCUT2D eigenvalue weighted by Crippen LogP contribution is -2.31. The normalized spacial score (nSPS) is 10.9. The molecule has 6 nitrogen and oxygen atoms in total. The van der Waals surface area contributed by atoms with E-state index < -0.39 is 11.6 Å². The van der Waals surface area contributed by atoms with Gasteiger partial charge >= 0.3 is 5.69 Å². The van der Waals surface area contributed by atoms with Gasteiger partial charge in [-0.3, -0.25) is 19.1 Å². The van der Waals surface area contributed by atoms with E-state index in [0.717, 1.165) is 11.1 Å². The highest BCUT2D eigenvalue weighted by molar-refractivity contribution is 5.90. The van der Waals surface area contributed by atoms with Crippen molar-refractivity contribution in [2.24, 2.45) is 5.73 Å². The summed E-state index contributed by atoms with van der Waals surface area (Å²) >= 11 is 0. The van der Waals surface area contributed by atoms with Crippen LogP contribution in [-0.2, 0) is 11.3 Å². The monoisotopic (exact) mass is 285 g/mol. The topological polar surface area (TPSA) is 97.9 Å². The first-order valence-corrected chi connectivity index (χ1v) is 6.32. The quantitative estimate of drug-likeness (QED) is 0.795. The highest BCUT2D eigenvalue weighted by Gasteiger charge is 2.02. The summed E-state index contributed by atoms with van der Waals surface area (Å²) in [5.74, 6) is -0.505. The molecule has 0 unspecified atom stereocenters. The minimum atomic E-state index is -0.505. The van der Waals surface area contributed by atoms with Crippen LogP contribution in [-0.4, -0.2) is 15.5 Å². The second-order valence-electron chi connectivity index (χ2n) is 4.68. The number of amides is 1. The van der Waals surface area contributed by atoms with Crippen LogP contribution in [0.3, 0.4) is 0 Å². The van der Waals surface area contributed by atoms with Gasteiger partial charge in [0.1, 0.15) is 0 Å². The van der Waals surface area contributed by atoms with Crippen molar-refractivity contribution in [1.82, 2.24) is 9.55 Å². The first-order valence-electron chi connectivity index (χ1n) is 6.32. The molecule has 1 amide bonds. The Kier molecular flexibility index (Phi) is 4.18. The van der Waals surface area contributed by atoms with E-state index in [1.165, 1.54) is 16.8 Å². The van der Waals surface area contributed by atoms with Crippen LogP contribution >= 0.6 is 0 Å². The number of hydrogen-bond acceptors (Lipinski definition) is 3. The number of rotatable bonds is 4. The second-order valence-corrected chi connectivity index (χ2v) is 4.68.